The number of nitrogens with two attached hydrogens (primary N) is 2. The monoisotopic (exact) mass is 654 g/mol. The molecule has 4 unspecified atom stereocenters. The Morgan fingerprint density at radius 3 is 1.49 bits per heavy atom. The summed E-state index contributed by atoms with van der Waals surface area (Å²) < 4.78 is 49.3. The summed E-state index contributed by atoms with van der Waals surface area (Å²) in [7, 11) is -10.7. The average Bonchev–Trinajstić information content (AvgIpc) is 3.40. The zero-order valence-corrected chi connectivity index (χ0v) is 24.0. The van der Waals surface area contributed by atoms with E-state index in [4.69, 9.17) is 20.9 Å². The van der Waals surface area contributed by atoms with Crippen molar-refractivity contribution in [3.05, 3.63) is 48.1 Å². The molecule has 0 saturated carbocycles. The van der Waals surface area contributed by atoms with Crippen LogP contribution in [0.5, 0.6) is 0 Å². The van der Waals surface area contributed by atoms with Gasteiger partial charge in [0.05, 0.1) is 13.2 Å². The second kappa shape index (κ2) is 13.3. The molecule has 4 aliphatic rings. The van der Waals surface area contributed by atoms with E-state index in [2.05, 4.69) is 13.4 Å². The van der Waals surface area contributed by atoms with Crippen molar-refractivity contribution >= 4 is 27.5 Å². The minimum absolute atomic E-state index is 0.192. The molecule has 240 valence electrons. The molecule has 2 saturated heterocycles. The molecule has 2 amide bonds. The van der Waals surface area contributed by atoms with E-state index in [0.717, 1.165) is 0 Å². The minimum atomic E-state index is -5.36. The highest BCUT2D eigenvalue weighted by molar-refractivity contribution is 7.61. The standard InChI is InChI=1S/C22H32N4O15P2/c23-19(31)11-3-1-5-25(7-11)21-17(29)15(27)13(39-21)9-37-42(33,34)41-43(35,36)38-10-14-16(28)18(30)22(40-14)26-6-2-4-12(8-26)20(24)32/h1-2,5-8,13-18,21-22,27-30H,3-4,9-10H2,(H2,23,31)(H2,24,32)(H,33,34)(H,35,36)/t13-,14-,15-,16-,17-,18-,21?,22?/m1/s1. The van der Waals surface area contributed by atoms with Gasteiger partial charge in [0, 0.05) is 35.9 Å². The van der Waals surface area contributed by atoms with Crippen LogP contribution in [0.15, 0.2) is 48.1 Å². The number of hydrogen-bond acceptors (Lipinski definition) is 15. The van der Waals surface area contributed by atoms with Crippen LogP contribution in [-0.4, -0.2) is 114 Å². The number of carbonyl (C=O) groups is 2. The van der Waals surface area contributed by atoms with E-state index < -0.39 is 89.8 Å². The Bertz CT molecular complexity index is 1210. The van der Waals surface area contributed by atoms with Crippen LogP contribution in [-0.2, 0) is 41.6 Å². The van der Waals surface area contributed by atoms with Crippen LogP contribution in [0.25, 0.3) is 0 Å². The van der Waals surface area contributed by atoms with Crippen LogP contribution in [0.1, 0.15) is 12.8 Å². The minimum Gasteiger partial charge on any atom is -0.387 e. The van der Waals surface area contributed by atoms with Crippen molar-refractivity contribution in [1.29, 1.82) is 0 Å². The summed E-state index contributed by atoms with van der Waals surface area (Å²) in [5.41, 5.74) is 10.9. The Morgan fingerprint density at radius 1 is 0.767 bits per heavy atom. The number of amides is 2. The molecule has 21 heteroatoms. The number of rotatable bonds is 12. The van der Waals surface area contributed by atoms with Gasteiger partial charge in [-0.1, -0.05) is 12.2 Å². The maximum atomic E-state index is 12.4. The summed E-state index contributed by atoms with van der Waals surface area (Å²) in [4.78, 5) is 45.4. The highest BCUT2D eigenvalue weighted by Gasteiger charge is 2.48. The Morgan fingerprint density at radius 2 is 1.14 bits per heavy atom. The number of phosphoric ester groups is 2. The van der Waals surface area contributed by atoms with Gasteiger partial charge in [-0.15, -0.1) is 0 Å². The third kappa shape index (κ3) is 7.98. The van der Waals surface area contributed by atoms with Gasteiger partial charge in [0.25, 0.3) is 0 Å². The average molecular weight is 654 g/mol. The van der Waals surface area contributed by atoms with E-state index in [1.54, 1.807) is 12.2 Å². The van der Waals surface area contributed by atoms with Crippen LogP contribution < -0.4 is 11.5 Å². The van der Waals surface area contributed by atoms with Gasteiger partial charge < -0.3 is 61.0 Å². The van der Waals surface area contributed by atoms with Gasteiger partial charge in [-0.05, 0) is 12.8 Å². The van der Waals surface area contributed by atoms with E-state index >= 15 is 0 Å². The Labute approximate surface area is 244 Å². The number of aliphatic hydroxyl groups is 4. The van der Waals surface area contributed by atoms with Crippen molar-refractivity contribution in [3.63, 3.8) is 0 Å². The topological polar surface area (TPSA) is 294 Å². The molecule has 43 heavy (non-hydrogen) atoms. The van der Waals surface area contributed by atoms with Crippen molar-refractivity contribution in [2.45, 2.75) is 61.9 Å². The van der Waals surface area contributed by atoms with Crippen molar-refractivity contribution in [1.82, 2.24) is 9.80 Å². The van der Waals surface area contributed by atoms with E-state index in [1.165, 1.54) is 34.6 Å². The van der Waals surface area contributed by atoms with Crippen molar-refractivity contribution in [2.75, 3.05) is 13.2 Å². The molecule has 2 fully saturated rings. The molecule has 0 spiro atoms. The fourth-order valence-electron chi connectivity index (χ4n) is 4.54. The van der Waals surface area contributed by atoms with Gasteiger partial charge in [-0.2, -0.15) is 4.31 Å². The smallest absolute Gasteiger partial charge is 0.387 e. The van der Waals surface area contributed by atoms with Gasteiger partial charge in [-0.3, -0.25) is 18.6 Å². The molecular weight excluding hydrogens is 622 g/mol. The lowest BCUT2D eigenvalue weighted by molar-refractivity contribution is -0.115. The van der Waals surface area contributed by atoms with Crippen LogP contribution >= 0.6 is 15.6 Å². The van der Waals surface area contributed by atoms with Gasteiger partial charge in [0.1, 0.15) is 36.6 Å². The first-order valence-corrected chi connectivity index (χ1v) is 15.7. The lowest BCUT2D eigenvalue weighted by Crippen LogP contribution is -2.40. The molecule has 10 N–H and O–H groups in total. The normalized spacial score (nSPS) is 35.3. The fraction of sp³-hybridized carbons (Fsp3) is 0.545. The van der Waals surface area contributed by atoms with E-state index in [9.17, 15) is 48.9 Å². The Kier molecular flexibility index (Phi) is 10.3. The molecule has 10 atom stereocenters. The SMILES string of the molecule is NC(=O)C1=CN(C2O[C@H](COP(=O)(O)OP(=O)(O)OC[C@H]3OC(N4C=CCC(C(N)=O)=C4)[C@H](O)[C@@H]3O)[C@@H](O)[C@H]2O)C=CC1. The maximum absolute atomic E-state index is 12.4. The summed E-state index contributed by atoms with van der Waals surface area (Å²) in [5, 5.41) is 41.4. The zero-order chi connectivity index (χ0) is 31.7. The molecule has 4 aliphatic heterocycles. The number of carbonyl (C=O) groups excluding carboxylic acids is 2. The van der Waals surface area contributed by atoms with E-state index in [1.807, 2.05) is 0 Å². The van der Waals surface area contributed by atoms with Gasteiger partial charge in [-0.25, -0.2) is 9.13 Å². The van der Waals surface area contributed by atoms with Crippen molar-refractivity contribution < 1.29 is 71.8 Å². The molecule has 0 aromatic rings. The summed E-state index contributed by atoms with van der Waals surface area (Å²) in [6.45, 7) is -1.79. The molecule has 4 heterocycles. The lowest BCUT2D eigenvalue weighted by atomic mass is 10.1. The van der Waals surface area contributed by atoms with Gasteiger partial charge in [0.15, 0.2) is 12.5 Å². The molecule has 0 bridgehead atoms. The third-order valence-electron chi connectivity index (χ3n) is 6.75. The molecular formula is C22H32N4O15P2. The molecule has 0 aromatic heterocycles. The Hall–Kier alpha value is -2.48. The quantitative estimate of drug-likeness (QED) is 0.0994. The summed E-state index contributed by atoms with van der Waals surface area (Å²) in [5.74, 6) is -1.42. The van der Waals surface area contributed by atoms with Gasteiger partial charge >= 0.3 is 15.6 Å². The fourth-order valence-corrected chi connectivity index (χ4v) is 6.63. The summed E-state index contributed by atoms with van der Waals surface area (Å²) in [6.07, 6.45) is -2.65. The molecule has 0 radical (unpaired) electrons. The first kappa shape index (κ1) is 33.4. The number of primary amides is 2. The van der Waals surface area contributed by atoms with Crippen molar-refractivity contribution in [3.8, 4) is 0 Å². The van der Waals surface area contributed by atoms with Crippen molar-refractivity contribution in [2.24, 2.45) is 11.5 Å². The van der Waals surface area contributed by atoms with Crippen LogP contribution in [0, 0.1) is 0 Å². The number of nitrogens with zero attached hydrogens (tertiary/aromatic N) is 2. The second-order valence-electron chi connectivity index (χ2n) is 9.81. The van der Waals surface area contributed by atoms with E-state index in [-0.39, 0.29) is 24.0 Å². The largest absolute Gasteiger partial charge is 0.481 e. The maximum Gasteiger partial charge on any atom is 0.481 e. The molecule has 4 rings (SSSR count). The highest BCUT2D eigenvalue weighted by atomic mass is 31.3. The Balaban J connectivity index is 1.29. The predicted octanol–water partition coefficient (Wildman–Crippen LogP) is -2.69. The first-order valence-electron chi connectivity index (χ1n) is 12.7. The number of aliphatic hydroxyl groups excluding tert-OH is 4. The lowest BCUT2D eigenvalue weighted by Gasteiger charge is -2.28. The molecule has 0 aromatic carbocycles. The second-order valence-corrected chi connectivity index (χ2v) is 12.9. The van der Waals surface area contributed by atoms with E-state index in [0.29, 0.717) is 0 Å². The zero-order valence-electron chi connectivity index (χ0n) is 22.2. The van der Waals surface area contributed by atoms with Gasteiger partial charge in [0.2, 0.25) is 11.8 Å². The predicted molar refractivity (Wildman–Crippen MR) is 140 cm³/mol. The summed E-state index contributed by atoms with van der Waals surface area (Å²) in [6, 6.07) is 0. The number of phosphoric acid groups is 2. The first-order chi connectivity index (χ1) is 20.1. The molecule has 19 nitrogen and oxygen atoms in total. The highest BCUT2D eigenvalue weighted by Crippen LogP contribution is 2.60. The molecule has 0 aliphatic carbocycles. The number of ether oxygens (including phenoxy) is 2. The third-order valence-corrected chi connectivity index (χ3v) is 9.35. The van der Waals surface area contributed by atoms with Crippen LogP contribution in [0.3, 0.4) is 0 Å². The van der Waals surface area contributed by atoms with Crippen LogP contribution in [0.2, 0.25) is 0 Å². The number of allylic oxidation sites excluding steroid dienone is 2. The number of hydrogen-bond donors (Lipinski definition) is 8. The van der Waals surface area contributed by atoms with Crippen LogP contribution in [0.4, 0.5) is 0 Å². The summed E-state index contributed by atoms with van der Waals surface area (Å²) >= 11 is 0.